The Morgan fingerprint density at radius 3 is 2.57 bits per heavy atom. The lowest BCUT2D eigenvalue weighted by molar-refractivity contribution is -0.147. The molecule has 8 nitrogen and oxygen atoms in total. The molecule has 9 heteroatoms. The van der Waals surface area contributed by atoms with E-state index in [2.05, 4.69) is 0 Å². The van der Waals surface area contributed by atoms with Crippen molar-refractivity contribution < 1.29 is 32.2 Å². The molecule has 2 aromatic carbocycles. The van der Waals surface area contributed by atoms with Crippen LogP contribution in [0.15, 0.2) is 46.2 Å². The van der Waals surface area contributed by atoms with E-state index in [1.165, 1.54) is 43.5 Å². The lowest BCUT2D eigenvalue weighted by Crippen LogP contribution is -2.21. The van der Waals surface area contributed by atoms with Crippen molar-refractivity contribution in [2.75, 3.05) is 26.9 Å². The summed E-state index contributed by atoms with van der Waals surface area (Å²) >= 11 is 0. The molecule has 0 atom stereocenters. The van der Waals surface area contributed by atoms with Crippen LogP contribution in [0.2, 0.25) is 0 Å². The van der Waals surface area contributed by atoms with E-state index in [0.29, 0.717) is 0 Å². The summed E-state index contributed by atoms with van der Waals surface area (Å²) in [6.07, 6.45) is 0. The predicted molar refractivity (Wildman–Crippen MR) is 94.8 cm³/mol. The summed E-state index contributed by atoms with van der Waals surface area (Å²) in [6.45, 7) is -0.0590. The number of carbonyl (C=O) groups is 2. The SMILES string of the molecule is COCCOC(=O)COc1ccc2c(c1)C(=O)c1ccc(C#N)cc1S2(=O)=O. The number of benzene rings is 2. The fraction of sp³-hybridized carbons (Fsp3) is 0.211. The minimum Gasteiger partial charge on any atom is -0.482 e. The molecule has 0 unspecified atom stereocenters. The molecule has 1 aliphatic rings. The van der Waals surface area contributed by atoms with Gasteiger partial charge in [-0.25, -0.2) is 13.2 Å². The van der Waals surface area contributed by atoms with Crippen LogP contribution in [0.4, 0.5) is 0 Å². The molecule has 0 amide bonds. The zero-order chi connectivity index (χ0) is 20.3. The van der Waals surface area contributed by atoms with E-state index in [1.54, 1.807) is 0 Å². The fourth-order valence-electron chi connectivity index (χ4n) is 2.70. The van der Waals surface area contributed by atoms with Crippen LogP contribution in [0.5, 0.6) is 5.75 Å². The fourth-order valence-corrected chi connectivity index (χ4v) is 4.36. The molecule has 28 heavy (non-hydrogen) atoms. The molecule has 0 radical (unpaired) electrons. The molecule has 2 aromatic rings. The molecular weight excluding hydrogens is 386 g/mol. The number of carbonyl (C=O) groups excluding carboxylic acids is 2. The maximum Gasteiger partial charge on any atom is 0.344 e. The number of esters is 1. The zero-order valence-corrected chi connectivity index (χ0v) is 15.6. The summed E-state index contributed by atoms with van der Waals surface area (Å²) in [4.78, 5) is 24.0. The van der Waals surface area contributed by atoms with Crippen LogP contribution in [-0.4, -0.2) is 47.1 Å². The van der Waals surface area contributed by atoms with Crippen molar-refractivity contribution in [2.24, 2.45) is 0 Å². The van der Waals surface area contributed by atoms with Gasteiger partial charge in [-0.3, -0.25) is 4.79 Å². The number of methoxy groups -OCH3 is 1. The van der Waals surface area contributed by atoms with Gasteiger partial charge in [0.05, 0.1) is 28.0 Å². The highest BCUT2D eigenvalue weighted by Gasteiger charge is 2.35. The number of ketones is 1. The number of sulfone groups is 1. The summed E-state index contributed by atoms with van der Waals surface area (Å²) < 4.78 is 40.6. The Labute approximate surface area is 161 Å². The van der Waals surface area contributed by atoms with Crippen LogP contribution in [-0.2, 0) is 24.1 Å². The van der Waals surface area contributed by atoms with Gasteiger partial charge in [0.1, 0.15) is 12.4 Å². The van der Waals surface area contributed by atoms with E-state index in [9.17, 15) is 18.0 Å². The van der Waals surface area contributed by atoms with Gasteiger partial charge in [-0.15, -0.1) is 0 Å². The van der Waals surface area contributed by atoms with Gasteiger partial charge in [-0.05, 0) is 36.4 Å². The monoisotopic (exact) mass is 401 g/mol. The van der Waals surface area contributed by atoms with Crippen molar-refractivity contribution >= 4 is 21.6 Å². The molecule has 3 rings (SSSR count). The molecule has 1 aliphatic heterocycles. The summed E-state index contributed by atoms with van der Waals surface area (Å²) in [5, 5.41) is 8.99. The number of fused-ring (bicyclic) bond motifs is 2. The summed E-state index contributed by atoms with van der Waals surface area (Å²) in [7, 11) is -2.49. The first-order valence-electron chi connectivity index (χ1n) is 8.14. The van der Waals surface area contributed by atoms with Crippen LogP contribution in [0.1, 0.15) is 21.5 Å². The Balaban J connectivity index is 1.87. The van der Waals surface area contributed by atoms with Gasteiger partial charge in [-0.2, -0.15) is 5.26 Å². The third kappa shape index (κ3) is 3.60. The van der Waals surface area contributed by atoms with Gasteiger partial charge in [0.2, 0.25) is 9.84 Å². The average Bonchev–Trinajstić information content (AvgIpc) is 2.70. The van der Waals surface area contributed by atoms with E-state index < -0.39 is 28.2 Å². The molecule has 0 spiro atoms. The second-order valence-electron chi connectivity index (χ2n) is 5.82. The summed E-state index contributed by atoms with van der Waals surface area (Å²) in [5.74, 6) is -0.969. The molecular formula is C19H15NO7S. The van der Waals surface area contributed by atoms with Crippen LogP contribution in [0.25, 0.3) is 0 Å². The Bertz CT molecular complexity index is 1100. The highest BCUT2D eigenvalue weighted by molar-refractivity contribution is 7.91. The minimum absolute atomic E-state index is 0.0115. The van der Waals surface area contributed by atoms with E-state index in [0.717, 1.165) is 0 Å². The van der Waals surface area contributed by atoms with Crippen molar-refractivity contribution in [3.8, 4) is 11.8 Å². The Morgan fingerprint density at radius 1 is 1.07 bits per heavy atom. The molecule has 0 N–H and O–H groups in total. The van der Waals surface area contributed by atoms with Crippen molar-refractivity contribution in [1.29, 1.82) is 5.26 Å². The average molecular weight is 401 g/mol. The number of nitriles is 1. The lowest BCUT2D eigenvalue weighted by atomic mass is 10.0. The molecule has 1 heterocycles. The number of nitrogens with zero attached hydrogens (tertiary/aromatic N) is 1. The molecule has 0 aromatic heterocycles. The van der Waals surface area contributed by atoms with Crippen LogP contribution in [0.3, 0.4) is 0 Å². The van der Waals surface area contributed by atoms with Crippen LogP contribution >= 0.6 is 0 Å². The molecule has 0 fully saturated rings. The van der Waals surface area contributed by atoms with Crippen molar-refractivity contribution in [3.05, 3.63) is 53.1 Å². The van der Waals surface area contributed by atoms with Crippen molar-refractivity contribution in [3.63, 3.8) is 0 Å². The highest BCUT2D eigenvalue weighted by Crippen LogP contribution is 2.36. The summed E-state index contributed by atoms with van der Waals surface area (Å²) in [5.41, 5.74) is 0.0793. The Kier molecular flexibility index (Phi) is 5.44. The second kappa shape index (κ2) is 7.80. The van der Waals surface area contributed by atoms with E-state index in [4.69, 9.17) is 19.5 Å². The number of hydrogen-bond acceptors (Lipinski definition) is 8. The van der Waals surface area contributed by atoms with Crippen molar-refractivity contribution in [1.82, 2.24) is 0 Å². The van der Waals surface area contributed by atoms with E-state index in [1.807, 2.05) is 6.07 Å². The number of ether oxygens (including phenoxy) is 3. The molecule has 0 aliphatic carbocycles. The first kappa shape index (κ1) is 19.5. The first-order chi connectivity index (χ1) is 13.4. The van der Waals surface area contributed by atoms with Crippen LogP contribution in [0, 0.1) is 11.3 Å². The zero-order valence-electron chi connectivity index (χ0n) is 14.8. The molecule has 0 saturated heterocycles. The number of rotatable bonds is 6. The third-order valence-electron chi connectivity index (χ3n) is 4.04. The quantitative estimate of drug-likeness (QED) is 0.450. The van der Waals surface area contributed by atoms with Gasteiger partial charge in [-0.1, -0.05) is 0 Å². The first-order valence-corrected chi connectivity index (χ1v) is 9.62. The Hall–Kier alpha value is -3.22. The Morgan fingerprint density at radius 2 is 1.86 bits per heavy atom. The smallest absolute Gasteiger partial charge is 0.344 e. The van der Waals surface area contributed by atoms with Crippen molar-refractivity contribution in [2.45, 2.75) is 9.79 Å². The van der Waals surface area contributed by atoms with Gasteiger partial charge in [0.25, 0.3) is 0 Å². The van der Waals surface area contributed by atoms with E-state index in [-0.39, 0.29) is 45.4 Å². The largest absolute Gasteiger partial charge is 0.482 e. The molecule has 0 saturated carbocycles. The summed E-state index contributed by atoms with van der Waals surface area (Å²) in [6, 6.07) is 9.62. The number of hydrogen-bond donors (Lipinski definition) is 0. The second-order valence-corrected chi connectivity index (χ2v) is 7.70. The standard InChI is InChI=1S/C19H15NO7S/c1-25-6-7-26-18(21)11-27-13-3-5-16-15(9-13)19(22)14-4-2-12(10-20)8-17(14)28(16,23)24/h2-5,8-9H,6-7,11H2,1H3. The topological polar surface area (TPSA) is 120 Å². The maximum absolute atomic E-state index is 12.8. The maximum atomic E-state index is 12.8. The predicted octanol–water partition coefficient (Wildman–Crippen LogP) is 1.50. The van der Waals surface area contributed by atoms with Crippen LogP contribution < -0.4 is 4.74 Å². The third-order valence-corrected chi connectivity index (χ3v) is 5.89. The highest BCUT2D eigenvalue weighted by atomic mass is 32.2. The van der Waals surface area contributed by atoms with Gasteiger partial charge in [0.15, 0.2) is 12.4 Å². The molecule has 0 bridgehead atoms. The van der Waals surface area contributed by atoms with Gasteiger partial charge in [0, 0.05) is 18.2 Å². The normalized spacial score (nSPS) is 13.8. The van der Waals surface area contributed by atoms with Gasteiger partial charge < -0.3 is 14.2 Å². The lowest BCUT2D eigenvalue weighted by Gasteiger charge is -2.19. The minimum atomic E-state index is -3.96. The molecule has 144 valence electrons. The van der Waals surface area contributed by atoms with Gasteiger partial charge >= 0.3 is 5.97 Å². The van der Waals surface area contributed by atoms with E-state index >= 15 is 0 Å².